The molecule has 88 valence electrons. The number of rotatable bonds is 3. The van der Waals surface area contributed by atoms with Crippen LogP contribution in [0.1, 0.15) is 24.9 Å². The van der Waals surface area contributed by atoms with Crippen molar-refractivity contribution < 1.29 is 8.78 Å². The van der Waals surface area contributed by atoms with Crippen LogP contribution >= 0.6 is 11.6 Å². The maximum Gasteiger partial charge on any atom is 0.160 e. The van der Waals surface area contributed by atoms with Crippen molar-refractivity contribution in [2.24, 2.45) is 11.8 Å². The largest absolute Gasteiger partial charge is 0.313 e. The molecule has 1 fully saturated rings. The molecular formula is C12H14ClF2N. The molecule has 1 aromatic rings. The summed E-state index contributed by atoms with van der Waals surface area (Å²) in [6, 6.07) is 2.26. The van der Waals surface area contributed by atoms with Gasteiger partial charge in [0.2, 0.25) is 0 Å². The standard InChI is InChI=1S/C12H14ClF2N/c1-6-3-7(6)12(16-2)8-4-10(14)11(15)5-9(8)13/h4-7,12,16H,3H2,1-2H3. The lowest BCUT2D eigenvalue weighted by molar-refractivity contribution is 0.482. The summed E-state index contributed by atoms with van der Waals surface area (Å²) in [5, 5.41) is 3.41. The summed E-state index contributed by atoms with van der Waals surface area (Å²) >= 11 is 5.95. The van der Waals surface area contributed by atoms with Gasteiger partial charge in [-0.05, 0) is 43.0 Å². The van der Waals surface area contributed by atoms with Gasteiger partial charge in [-0.1, -0.05) is 18.5 Å². The molecule has 0 aromatic heterocycles. The van der Waals surface area contributed by atoms with Crippen LogP contribution in [0.15, 0.2) is 12.1 Å². The van der Waals surface area contributed by atoms with E-state index < -0.39 is 11.6 Å². The van der Waals surface area contributed by atoms with Crippen LogP contribution < -0.4 is 5.32 Å². The molecule has 1 nitrogen and oxygen atoms in total. The Morgan fingerprint density at radius 3 is 2.44 bits per heavy atom. The molecule has 1 aliphatic carbocycles. The van der Waals surface area contributed by atoms with Crippen molar-refractivity contribution in [3.8, 4) is 0 Å². The Bertz CT molecular complexity index is 408. The topological polar surface area (TPSA) is 12.0 Å². The van der Waals surface area contributed by atoms with Gasteiger partial charge in [-0.15, -0.1) is 0 Å². The van der Waals surface area contributed by atoms with Gasteiger partial charge < -0.3 is 5.32 Å². The van der Waals surface area contributed by atoms with Crippen molar-refractivity contribution >= 4 is 11.6 Å². The quantitative estimate of drug-likeness (QED) is 0.804. The molecule has 1 aliphatic rings. The molecule has 2 rings (SSSR count). The van der Waals surface area contributed by atoms with Crippen molar-refractivity contribution in [2.45, 2.75) is 19.4 Å². The molecule has 3 unspecified atom stereocenters. The second-order valence-corrected chi connectivity index (χ2v) is 4.84. The summed E-state index contributed by atoms with van der Waals surface area (Å²) < 4.78 is 26.1. The van der Waals surface area contributed by atoms with Gasteiger partial charge in [0.15, 0.2) is 11.6 Å². The Morgan fingerprint density at radius 2 is 1.94 bits per heavy atom. The van der Waals surface area contributed by atoms with Crippen LogP contribution in [0.25, 0.3) is 0 Å². The van der Waals surface area contributed by atoms with E-state index in [0.29, 0.717) is 17.4 Å². The lowest BCUT2D eigenvalue weighted by Gasteiger charge is -2.18. The molecule has 1 aromatic carbocycles. The third-order valence-electron chi connectivity index (χ3n) is 3.29. The summed E-state index contributed by atoms with van der Waals surface area (Å²) in [5.41, 5.74) is 0.650. The van der Waals surface area contributed by atoms with E-state index in [0.717, 1.165) is 12.5 Å². The minimum Gasteiger partial charge on any atom is -0.313 e. The van der Waals surface area contributed by atoms with E-state index in [1.54, 1.807) is 0 Å². The summed E-state index contributed by atoms with van der Waals surface area (Å²) in [7, 11) is 1.81. The van der Waals surface area contributed by atoms with Crippen LogP contribution in [0.2, 0.25) is 5.02 Å². The fourth-order valence-electron chi connectivity index (χ4n) is 2.19. The van der Waals surface area contributed by atoms with Gasteiger partial charge in [0, 0.05) is 11.1 Å². The molecule has 0 heterocycles. The molecule has 4 heteroatoms. The van der Waals surface area contributed by atoms with E-state index in [1.165, 1.54) is 6.07 Å². The molecule has 0 radical (unpaired) electrons. The zero-order valence-electron chi connectivity index (χ0n) is 9.23. The van der Waals surface area contributed by atoms with E-state index in [-0.39, 0.29) is 11.1 Å². The molecular weight excluding hydrogens is 232 g/mol. The number of hydrogen-bond donors (Lipinski definition) is 1. The minimum atomic E-state index is -0.896. The van der Waals surface area contributed by atoms with Gasteiger partial charge in [-0.3, -0.25) is 0 Å². The predicted molar refractivity (Wildman–Crippen MR) is 60.4 cm³/mol. The van der Waals surface area contributed by atoms with Crippen molar-refractivity contribution in [2.75, 3.05) is 7.05 Å². The Hall–Kier alpha value is -0.670. The predicted octanol–water partition coefficient (Wildman–Crippen LogP) is 3.53. The van der Waals surface area contributed by atoms with Crippen LogP contribution in [-0.2, 0) is 0 Å². The minimum absolute atomic E-state index is 0.0117. The maximum atomic E-state index is 13.2. The lowest BCUT2D eigenvalue weighted by atomic mass is 10.0. The average Bonchev–Trinajstić information content (AvgIpc) is 2.92. The first kappa shape index (κ1) is 11.8. The van der Waals surface area contributed by atoms with Crippen molar-refractivity contribution in [3.63, 3.8) is 0 Å². The first-order chi connectivity index (χ1) is 7.54. The third kappa shape index (κ3) is 2.06. The first-order valence-corrected chi connectivity index (χ1v) is 5.74. The molecule has 1 N–H and O–H groups in total. The van der Waals surface area contributed by atoms with Gasteiger partial charge in [-0.25, -0.2) is 8.78 Å². The normalized spacial score (nSPS) is 25.6. The van der Waals surface area contributed by atoms with Crippen molar-refractivity contribution in [3.05, 3.63) is 34.4 Å². The smallest absolute Gasteiger partial charge is 0.160 e. The van der Waals surface area contributed by atoms with Crippen molar-refractivity contribution in [1.29, 1.82) is 0 Å². The monoisotopic (exact) mass is 245 g/mol. The van der Waals surface area contributed by atoms with E-state index in [4.69, 9.17) is 11.6 Å². The summed E-state index contributed by atoms with van der Waals surface area (Å²) in [6.07, 6.45) is 1.10. The van der Waals surface area contributed by atoms with E-state index in [1.807, 2.05) is 7.05 Å². The Morgan fingerprint density at radius 1 is 1.38 bits per heavy atom. The molecule has 0 aliphatic heterocycles. The lowest BCUT2D eigenvalue weighted by Crippen LogP contribution is -2.19. The molecule has 16 heavy (non-hydrogen) atoms. The molecule has 0 saturated heterocycles. The molecule has 3 atom stereocenters. The number of nitrogens with one attached hydrogen (secondary N) is 1. The summed E-state index contributed by atoms with van der Waals surface area (Å²) in [6.45, 7) is 2.14. The van der Waals surface area contributed by atoms with Crippen LogP contribution in [0.4, 0.5) is 8.78 Å². The first-order valence-electron chi connectivity index (χ1n) is 5.36. The fourth-order valence-corrected chi connectivity index (χ4v) is 2.46. The Labute approximate surface area is 98.8 Å². The average molecular weight is 246 g/mol. The van der Waals surface area contributed by atoms with Gasteiger partial charge in [-0.2, -0.15) is 0 Å². The van der Waals surface area contributed by atoms with Crippen LogP contribution in [0.5, 0.6) is 0 Å². The molecule has 0 spiro atoms. The van der Waals surface area contributed by atoms with E-state index >= 15 is 0 Å². The third-order valence-corrected chi connectivity index (χ3v) is 3.61. The van der Waals surface area contributed by atoms with Gasteiger partial charge in [0.25, 0.3) is 0 Å². The highest BCUT2D eigenvalue weighted by Crippen LogP contribution is 2.48. The summed E-state index contributed by atoms with van der Waals surface area (Å²) in [4.78, 5) is 0. The Kier molecular flexibility index (Phi) is 3.17. The zero-order chi connectivity index (χ0) is 11.9. The number of benzene rings is 1. The summed E-state index contributed by atoms with van der Waals surface area (Å²) in [5.74, 6) is -0.658. The number of hydrogen-bond acceptors (Lipinski definition) is 1. The van der Waals surface area contributed by atoms with Crippen molar-refractivity contribution in [1.82, 2.24) is 5.32 Å². The highest BCUT2D eigenvalue weighted by atomic mass is 35.5. The maximum absolute atomic E-state index is 13.2. The van der Waals surface area contributed by atoms with E-state index in [2.05, 4.69) is 12.2 Å². The molecule has 1 saturated carbocycles. The van der Waals surface area contributed by atoms with Gasteiger partial charge in [0.05, 0.1) is 0 Å². The highest BCUT2D eigenvalue weighted by molar-refractivity contribution is 6.31. The van der Waals surface area contributed by atoms with Gasteiger partial charge in [0.1, 0.15) is 0 Å². The molecule has 0 amide bonds. The highest BCUT2D eigenvalue weighted by Gasteiger charge is 2.40. The second kappa shape index (κ2) is 4.30. The number of halogens is 3. The van der Waals surface area contributed by atoms with Gasteiger partial charge >= 0.3 is 0 Å². The van der Waals surface area contributed by atoms with Crippen LogP contribution in [-0.4, -0.2) is 7.05 Å². The fraction of sp³-hybridized carbons (Fsp3) is 0.500. The zero-order valence-corrected chi connectivity index (χ0v) is 9.98. The molecule has 0 bridgehead atoms. The SMILES string of the molecule is CNC(c1cc(F)c(F)cc1Cl)C1CC1C. The van der Waals surface area contributed by atoms with E-state index in [9.17, 15) is 8.78 Å². The second-order valence-electron chi connectivity index (χ2n) is 4.43. The Balaban J connectivity index is 2.34. The van der Waals surface area contributed by atoms with Crippen LogP contribution in [0.3, 0.4) is 0 Å². The van der Waals surface area contributed by atoms with Crippen LogP contribution in [0, 0.1) is 23.5 Å².